The van der Waals surface area contributed by atoms with Crippen molar-refractivity contribution in [3.63, 3.8) is 0 Å². The molecule has 3 nitrogen and oxygen atoms in total. The molecule has 1 N–H and O–H groups in total. The van der Waals surface area contributed by atoms with Crippen molar-refractivity contribution in [1.29, 1.82) is 0 Å². The number of hydrogen-bond donors (Lipinski definition) is 2. The molecule has 1 heterocycles. The van der Waals surface area contributed by atoms with E-state index in [-0.39, 0.29) is 5.37 Å². The standard InChI is InChI=1S/C13H28N2OS/c1-3-7-15-8-4-13(5-9-15)11-16-10-6-14-12(2)17/h12-14,17H,3-11H2,1-2H3. The molecule has 0 radical (unpaired) electrons. The minimum absolute atomic E-state index is 0.260. The van der Waals surface area contributed by atoms with Gasteiger partial charge in [0, 0.05) is 18.5 Å². The molecule has 0 aromatic heterocycles. The Bertz CT molecular complexity index is 182. The van der Waals surface area contributed by atoms with Crippen LogP contribution in [-0.2, 0) is 4.74 Å². The van der Waals surface area contributed by atoms with Gasteiger partial charge in [0.15, 0.2) is 0 Å². The first kappa shape index (κ1) is 15.3. The second-order valence-corrected chi connectivity index (χ2v) is 5.76. The summed E-state index contributed by atoms with van der Waals surface area (Å²) in [5.74, 6) is 0.775. The summed E-state index contributed by atoms with van der Waals surface area (Å²) in [6.07, 6.45) is 3.88. The van der Waals surface area contributed by atoms with Crippen molar-refractivity contribution in [1.82, 2.24) is 10.2 Å². The zero-order valence-electron chi connectivity index (χ0n) is 11.3. The maximum atomic E-state index is 5.70. The monoisotopic (exact) mass is 260 g/mol. The molecule has 4 heteroatoms. The SMILES string of the molecule is CCCN1CCC(COCCNC(C)S)CC1. The van der Waals surface area contributed by atoms with E-state index in [1.807, 2.05) is 6.92 Å². The Morgan fingerprint density at radius 2 is 2.12 bits per heavy atom. The first-order chi connectivity index (χ1) is 8.22. The van der Waals surface area contributed by atoms with Gasteiger partial charge in [0.05, 0.1) is 6.61 Å². The van der Waals surface area contributed by atoms with Crippen LogP contribution in [0.5, 0.6) is 0 Å². The van der Waals surface area contributed by atoms with Gasteiger partial charge in [-0.05, 0) is 51.7 Å². The van der Waals surface area contributed by atoms with Crippen LogP contribution in [0.4, 0.5) is 0 Å². The van der Waals surface area contributed by atoms with Gasteiger partial charge in [0.25, 0.3) is 0 Å². The van der Waals surface area contributed by atoms with E-state index >= 15 is 0 Å². The van der Waals surface area contributed by atoms with Gasteiger partial charge in [-0.3, -0.25) is 0 Å². The number of ether oxygens (including phenoxy) is 1. The Kier molecular flexibility index (Phi) is 8.27. The molecule has 0 spiro atoms. The average molecular weight is 260 g/mol. The molecule has 0 aromatic rings. The summed E-state index contributed by atoms with van der Waals surface area (Å²) in [4.78, 5) is 2.57. The highest BCUT2D eigenvalue weighted by Gasteiger charge is 2.18. The molecule has 0 aromatic carbocycles. The second-order valence-electron chi connectivity index (χ2n) is 4.99. The summed E-state index contributed by atoms with van der Waals surface area (Å²) in [6.45, 7) is 10.7. The van der Waals surface area contributed by atoms with E-state index in [9.17, 15) is 0 Å². The molecule has 17 heavy (non-hydrogen) atoms. The first-order valence-electron chi connectivity index (χ1n) is 6.94. The molecule has 1 unspecified atom stereocenters. The average Bonchev–Trinajstić information content (AvgIpc) is 2.31. The van der Waals surface area contributed by atoms with Crippen molar-refractivity contribution in [3.8, 4) is 0 Å². The molecule has 1 fully saturated rings. The van der Waals surface area contributed by atoms with Crippen molar-refractivity contribution in [2.75, 3.05) is 39.4 Å². The molecular formula is C13H28N2OS. The van der Waals surface area contributed by atoms with Gasteiger partial charge in [0.2, 0.25) is 0 Å². The number of nitrogens with one attached hydrogen (secondary N) is 1. The van der Waals surface area contributed by atoms with E-state index in [4.69, 9.17) is 4.74 Å². The summed E-state index contributed by atoms with van der Waals surface area (Å²) < 4.78 is 5.70. The highest BCUT2D eigenvalue weighted by molar-refractivity contribution is 7.80. The minimum Gasteiger partial charge on any atom is -0.380 e. The van der Waals surface area contributed by atoms with Crippen LogP contribution in [0.2, 0.25) is 0 Å². The molecule has 0 saturated carbocycles. The lowest BCUT2D eigenvalue weighted by atomic mass is 9.98. The molecule has 0 amide bonds. The van der Waals surface area contributed by atoms with E-state index < -0.39 is 0 Å². The van der Waals surface area contributed by atoms with Crippen LogP contribution < -0.4 is 5.32 Å². The van der Waals surface area contributed by atoms with Gasteiger partial charge in [-0.15, -0.1) is 0 Å². The first-order valence-corrected chi connectivity index (χ1v) is 7.45. The van der Waals surface area contributed by atoms with Crippen molar-refractivity contribution in [2.24, 2.45) is 5.92 Å². The van der Waals surface area contributed by atoms with Crippen molar-refractivity contribution in [3.05, 3.63) is 0 Å². The van der Waals surface area contributed by atoms with E-state index in [2.05, 4.69) is 29.8 Å². The lowest BCUT2D eigenvalue weighted by Crippen LogP contribution is -2.35. The highest BCUT2D eigenvalue weighted by Crippen LogP contribution is 2.17. The molecule has 102 valence electrons. The van der Waals surface area contributed by atoms with Crippen LogP contribution in [0.15, 0.2) is 0 Å². The van der Waals surface area contributed by atoms with Crippen molar-refractivity contribution < 1.29 is 4.74 Å². The predicted molar refractivity (Wildman–Crippen MR) is 76.7 cm³/mol. The maximum Gasteiger partial charge on any atom is 0.0591 e. The fourth-order valence-corrected chi connectivity index (χ4v) is 2.41. The Hall–Kier alpha value is 0.230. The number of piperidine rings is 1. The Morgan fingerprint density at radius 3 is 2.71 bits per heavy atom. The van der Waals surface area contributed by atoms with Gasteiger partial charge < -0.3 is 15.0 Å². The van der Waals surface area contributed by atoms with Crippen LogP contribution in [0.1, 0.15) is 33.1 Å². The summed E-state index contributed by atoms with van der Waals surface area (Å²) in [7, 11) is 0. The number of hydrogen-bond acceptors (Lipinski definition) is 4. The largest absolute Gasteiger partial charge is 0.380 e. The van der Waals surface area contributed by atoms with Crippen LogP contribution in [0, 0.1) is 5.92 Å². The third-order valence-electron chi connectivity index (χ3n) is 3.29. The summed E-state index contributed by atoms with van der Waals surface area (Å²) in [5.41, 5.74) is 0. The minimum atomic E-state index is 0.260. The molecular weight excluding hydrogens is 232 g/mol. The van der Waals surface area contributed by atoms with E-state index in [0.717, 1.165) is 25.7 Å². The highest BCUT2D eigenvalue weighted by atomic mass is 32.1. The number of likely N-dealkylation sites (tertiary alicyclic amines) is 1. The number of nitrogens with zero attached hydrogens (tertiary/aromatic N) is 1. The lowest BCUT2D eigenvalue weighted by Gasteiger charge is -2.31. The normalized spacial score (nSPS) is 20.6. The van der Waals surface area contributed by atoms with E-state index in [1.165, 1.54) is 38.9 Å². The quantitative estimate of drug-likeness (QED) is 0.397. The van der Waals surface area contributed by atoms with Crippen LogP contribution in [0.3, 0.4) is 0 Å². The number of thiol groups is 1. The molecule has 1 atom stereocenters. The number of rotatable bonds is 8. The zero-order valence-corrected chi connectivity index (χ0v) is 12.2. The molecule has 1 aliphatic heterocycles. The third kappa shape index (κ3) is 7.29. The van der Waals surface area contributed by atoms with Crippen LogP contribution in [0.25, 0.3) is 0 Å². The zero-order chi connectivity index (χ0) is 12.5. The van der Waals surface area contributed by atoms with Gasteiger partial charge in [-0.25, -0.2) is 0 Å². The van der Waals surface area contributed by atoms with Crippen molar-refractivity contribution in [2.45, 2.75) is 38.5 Å². The van der Waals surface area contributed by atoms with Gasteiger partial charge >= 0.3 is 0 Å². The fraction of sp³-hybridized carbons (Fsp3) is 1.00. The molecule has 1 saturated heterocycles. The van der Waals surface area contributed by atoms with Crippen LogP contribution >= 0.6 is 12.6 Å². The Labute approximate surface area is 112 Å². The summed E-state index contributed by atoms with van der Waals surface area (Å²) in [6, 6.07) is 0. The summed E-state index contributed by atoms with van der Waals surface area (Å²) in [5, 5.41) is 3.50. The smallest absolute Gasteiger partial charge is 0.0591 e. The maximum absolute atomic E-state index is 5.70. The van der Waals surface area contributed by atoms with Crippen LogP contribution in [-0.4, -0.2) is 49.7 Å². The Morgan fingerprint density at radius 1 is 1.41 bits per heavy atom. The van der Waals surface area contributed by atoms with E-state index in [0.29, 0.717) is 0 Å². The molecule has 0 bridgehead atoms. The second kappa shape index (κ2) is 9.20. The third-order valence-corrected chi connectivity index (χ3v) is 3.47. The lowest BCUT2D eigenvalue weighted by molar-refractivity contribution is 0.0684. The van der Waals surface area contributed by atoms with Gasteiger partial charge in [-0.1, -0.05) is 6.92 Å². The van der Waals surface area contributed by atoms with Gasteiger partial charge in [0.1, 0.15) is 0 Å². The molecule has 1 rings (SSSR count). The predicted octanol–water partition coefficient (Wildman–Crippen LogP) is 1.99. The molecule has 1 aliphatic rings. The van der Waals surface area contributed by atoms with E-state index in [1.54, 1.807) is 0 Å². The summed E-state index contributed by atoms with van der Waals surface area (Å²) >= 11 is 4.26. The van der Waals surface area contributed by atoms with Gasteiger partial charge in [-0.2, -0.15) is 12.6 Å². The Balaban J connectivity index is 1.95. The fourth-order valence-electron chi connectivity index (χ4n) is 2.28. The molecule has 0 aliphatic carbocycles. The topological polar surface area (TPSA) is 24.5 Å². The van der Waals surface area contributed by atoms with Crippen molar-refractivity contribution >= 4 is 12.6 Å².